The molecule has 0 aliphatic carbocycles. The number of rotatable bonds is 3. The lowest BCUT2D eigenvalue weighted by atomic mass is 10.1. The molecule has 1 nitrogen and oxygen atoms in total. The number of hydrogen-bond acceptors (Lipinski definition) is 1. The van der Waals surface area contributed by atoms with Crippen molar-refractivity contribution in [1.29, 1.82) is 0 Å². The van der Waals surface area contributed by atoms with Crippen molar-refractivity contribution in [1.82, 2.24) is 4.90 Å². The van der Waals surface area contributed by atoms with Gasteiger partial charge in [0.1, 0.15) is 0 Å². The molecule has 0 aliphatic heterocycles. The molecule has 0 amide bonds. The minimum absolute atomic E-state index is 0.519. The summed E-state index contributed by atoms with van der Waals surface area (Å²) in [4.78, 5) is 2.34. The summed E-state index contributed by atoms with van der Waals surface area (Å²) in [7, 11) is 2.16. The maximum atomic E-state index is 2.34. The Hall–Kier alpha value is -0.820. The molecule has 0 bridgehead atoms. The van der Waals surface area contributed by atoms with E-state index < -0.39 is 0 Å². The molecule has 0 N–H and O–H groups in total. The van der Waals surface area contributed by atoms with Crippen molar-refractivity contribution in [2.75, 3.05) is 13.6 Å². The van der Waals surface area contributed by atoms with Gasteiger partial charge in [0.2, 0.25) is 0 Å². The molecule has 0 saturated heterocycles. The van der Waals surface area contributed by atoms with Gasteiger partial charge in [-0.15, -0.1) is 0 Å². The van der Waals surface area contributed by atoms with E-state index in [0.29, 0.717) is 6.04 Å². The van der Waals surface area contributed by atoms with Gasteiger partial charge in [-0.3, -0.25) is 4.90 Å². The Labute approximate surface area is 81.4 Å². The van der Waals surface area contributed by atoms with Crippen molar-refractivity contribution in [3.63, 3.8) is 0 Å². The number of nitrogens with zero attached hydrogens (tertiary/aromatic N) is 1. The highest BCUT2D eigenvalue weighted by molar-refractivity contribution is 5.23. The smallest absolute Gasteiger partial charge is 0.0316 e. The maximum Gasteiger partial charge on any atom is 0.0316 e. The lowest BCUT2D eigenvalue weighted by Crippen LogP contribution is -2.21. The Morgan fingerprint density at radius 2 is 1.77 bits per heavy atom. The quantitative estimate of drug-likeness (QED) is 0.686. The number of aryl methyl sites for hydroxylation is 1. The second-order valence-electron chi connectivity index (χ2n) is 3.66. The first-order valence-electron chi connectivity index (χ1n) is 4.92. The highest BCUT2D eigenvalue weighted by Gasteiger charge is 2.08. The Kier molecular flexibility index (Phi) is 3.49. The summed E-state index contributed by atoms with van der Waals surface area (Å²) in [6, 6.07) is 9.30. The molecule has 1 rings (SSSR count). The molecule has 72 valence electrons. The minimum Gasteiger partial charge on any atom is -0.300 e. The SMILES string of the molecule is CCN(C)[C@@H](C)c1ccc(C)cc1. The van der Waals surface area contributed by atoms with E-state index in [9.17, 15) is 0 Å². The fraction of sp³-hybridized carbons (Fsp3) is 0.500. The zero-order valence-electron chi connectivity index (χ0n) is 9.04. The zero-order valence-corrected chi connectivity index (χ0v) is 9.04. The van der Waals surface area contributed by atoms with Gasteiger partial charge in [-0.25, -0.2) is 0 Å². The summed E-state index contributed by atoms with van der Waals surface area (Å²) >= 11 is 0. The first-order chi connectivity index (χ1) is 6.15. The van der Waals surface area contributed by atoms with Crippen LogP contribution in [0.5, 0.6) is 0 Å². The molecule has 13 heavy (non-hydrogen) atoms. The third kappa shape index (κ3) is 2.56. The lowest BCUT2D eigenvalue weighted by molar-refractivity contribution is 0.276. The summed E-state index contributed by atoms with van der Waals surface area (Å²) < 4.78 is 0. The van der Waals surface area contributed by atoms with E-state index in [1.807, 2.05) is 0 Å². The minimum atomic E-state index is 0.519. The van der Waals surface area contributed by atoms with Gasteiger partial charge in [0.25, 0.3) is 0 Å². The Bertz CT molecular complexity index is 250. The van der Waals surface area contributed by atoms with Crippen LogP contribution in [0.15, 0.2) is 24.3 Å². The molecule has 1 heteroatoms. The standard InChI is InChI=1S/C12H19N/c1-5-13(4)11(3)12-8-6-10(2)7-9-12/h6-9,11H,5H2,1-4H3/t11-/m0/s1. The van der Waals surface area contributed by atoms with Crippen molar-refractivity contribution in [3.05, 3.63) is 35.4 Å². The molecule has 1 atom stereocenters. The van der Waals surface area contributed by atoms with Crippen LogP contribution in [-0.2, 0) is 0 Å². The fourth-order valence-corrected chi connectivity index (χ4v) is 1.37. The highest BCUT2D eigenvalue weighted by Crippen LogP contribution is 2.18. The molecule has 0 radical (unpaired) electrons. The number of hydrogen-bond donors (Lipinski definition) is 0. The largest absolute Gasteiger partial charge is 0.300 e. The second-order valence-corrected chi connectivity index (χ2v) is 3.66. The number of benzene rings is 1. The molecule has 0 spiro atoms. The summed E-state index contributed by atoms with van der Waals surface area (Å²) in [6.45, 7) is 7.64. The monoisotopic (exact) mass is 177 g/mol. The first-order valence-corrected chi connectivity index (χ1v) is 4.92. The van der Waals surface area contributed by atoms with Gasteiger partial charge in [0.15, 0.2) is 0 Å². The van der Waals surface area contributed by atoms with Gasteiger partial charge in [-0.2, -0.15) is 0 Å². The van der Waals surface area contributed by atoms with Crippen molar-refractivity contribution < 1.29 is 0 Å². The average molecular weight is 177 g/mol. The molecule has 0 unspecified atom stereocenters. The Morgan fingerprint density at radius 1 is 1.23 bits per heavy atom. The predicted octanol–water partition coefficient (Wildman–Crippen LogP) is 3.01. The van der Waals surface area contributed by atoms with Crippen LogP contribution in [0.4, 0.5) is 0 Å². The van der Waals surface area contributed by atoms with Crippen LogP contribution in [0.3, 0.4) is 0 Å². The summed E-state index contributed by atoms with van der Waals surface area (Å²) in [6.07, 6.45) is 0. The van der Waals surface area contributed by atoms with E-state index in [4.69, 9.17) is 0 Å². The summed E-state index contributed by atoms with van der Waals surface area (Å²) in [5, 5.41) is 0. The third-order valence-corrected chi connectivity index (χ3v) is 2.72. The van der Waals surface area contributed by atoms with Crippen molar-refractivity contribution in [3.8, 4) is 0 Å². The van der Waals surface area contributed by atoms with Crippen LogP contribution in [0.2, 0.25) is 0 Å². The molecule has 0 aromatic heterocycles. The Morgan fingerprint density at radius 3 is 2.23 bits per heavy atom. The van der Waals surface area contributed by atoms with Crippen molar-refractivity contribution >= 4 is 0 Å². The molecule has 0 aliphatic rings. The van der Waals surface area contributed by atoms with Crippen LogP contribution in [0.1, 0.15) is 31.0 Å². The molecule has 0 fully saturated rings. The van der Waals surface area contributed by atoms with Gasteiger partial charge >= 0.3 is 0 Å². The van der Waals surface area contributed by atoms with E-state index in [1.54, 1.807) is 0 Å². The summed E-state index contributed by atoms with van der Waals surface area (Å²) in [5.74, 6) is 0. The topological polar surface area (TPSA) is 3.24 Å². The average Bonchev–Trinajstić information content (AvgIpc) is 2.17. The van der Waals surface area contributed by atoms with E-state index >= 15 is 0 Å². The molecule has 1 aromatic rings. The highest BCUT2D eigenvalue weighted by atomic mass is 15.1. The van der Waals surface area contributed by atoms with E-state index in [1.165, 1.54) is 11.1 Å². The molecular weight excluding hydrogens is 158 g/mol. The van der Waals surface area contributed by atoms with Crippen LogP contribution >= 0.6 is 0 Å². The fourth-order valence-electron chi connectivity index (χ4n) is 1.37. The van der Waals surface area contributed by atoms with E-state index in [0.717, 1.165) is 6.54 Å². The normalized spacial score (nSPS) is 13.3. The van der Waals surface area contributed by atoms with Gasteiger partial charge in [-0.1, -0.05) is 36.8 Å². The Balaban J connectivity index is 2.77. The van der Waals surface area contributed by atoms with Crippen LogP contribution in [0, 0.1) is 6.92 Å². The molecular formula is C12H19N. The second kappa shape index (κ2) is 4.43. The molecule has 0 heterocycles. The van der Waals surface area contributed by atoms with Crippen LogP contribution < -0.4 is 0 Å². The van der Waals surface area contributed by atoms with Gasteiger partial charge < -0.3 is 0 Å². The predicted molar refractivity (Wildman–Crippen MR) is 57.9 cm³/mol. The van der Waals surface area contributed by atoms with E-state index in [2.05, 4.69) is 57.0 Å². The summed E-state index contributed by atoms with van der Waals surface area (Å²) in [5.41, 5.74) is 2.73. The first kappa shape index (κ1) is 10.3. The third-order valence-electron chi connectivity index (χ3n) is 2.72. The van der Waals surface area contributed by atoms with Gasteiger partial charge in [0.05, 0.1) is 0 Å². The maximum absolute atomic E-state index is 2.34. The van der Waals surface area contributed by atoms with E-state index in [-0.39, 0.29) is 0 Å². The van der Waals surface area contributed by atoms with Crippen LogP contribution in [0.25, 0.3) is 0 Å². The van der Waals surface area contributed by atoms with Crippen molar-refractivity contribution in [2.24, 2.45) is 0 Å². The van der Waals surface area contributed by atoms with Gasteiger partial charge in [-0.05, 0) is 33.0 Å². The molecule has 0 saturated carbocycles. The zero-order chi connectivity index (χ0) is 9.84. The molecule has 1 aromatic carbocycles. The lowest BCUT2D eigenvalue weighted by Gasteiger charge is -2.23. The van der Waals surface area contributed by atoms with Crippen LogP contribution in [-0.4, -0.2) is 18.5 Å². The van der Waals surface area contributed by atoms with Crippen molar-refractivity contribution in [2.45, 2.75) is 26.8 Å². The van der Waals surface area contributed by atoms with Gasteiger partial charge in [0, 0.05) is 6.04 Å².